The van der Waals surface area contributed by atoms with Gasteiger partial charge in [-0.15, -0.1) is 0 Å². The predicted molar refractivity (Wildman–Crippen MR) is 71.4 cm³/mol. The molecular weight excluding hydrogens is 228 g/mol. The molecule has 0 saturated heterocycles. The number of aliphatic hydroxyl groups excluding tert-OH is 1. The molecule has 3 heteroatoms. The summed E-state index contributed by atoms with van der Waals surface area (Å²) in [4.78, 5) is 11.0. The highest BCUT2D eigenvalue weighted by molar-refractivity contribution is 5.68. The Morgan fingerprint density at radius 1 is 1.39 bits per heavy atom. The first kappa shape index (κ1) is 14.7. The van der Waals surface area contributed by atoms with E-state index >= 15 is 0 Å². The van der Waals surface area contributed by atoms with Gasteiger partial charge in [0.05, 0.1) is 0 Å². The highest BCUT2D eigenvalue weighted by Gasteiger charge is 2.16. The van der Waals surface area contributed by atoms with E-state index in [-0.39, 0.29) is 18.0 Å². The van der Waals surface area contributed by atoms with Gasteiger partial charge in [-0.25, -0.2) is 0 Å². The molecule has 1 N–H and O–H groups in total. The summed E-state index contributed by atoms with van der Waals surface area (Å²) in [5, 5.41) is 9.98. The van der Waals surface area contributed by atoms with Crippen LogP contribution in [0, 0.1) is 0 Å². The van der Waals surface area contributed by atoms with Crippen LogP contribution in [0.1, 0.15) is 51.3 Å². The van der Waals surface area contributed by atoms with Crippen LogP contribution >= 0.6 is 0 Å². The third-order valence-corrected chi connectivity index (χ3v) is 2.83. The molecule has 0 bridgehead atoms. The Bertz CT molecular complexity index is 404. The molecule has 0 fully saturated rings. The zero-order chi connectivity index (χ0) is 13.8. The number of benzene rings is 1. The SMILES string of the molecule is CCC(=O)OCC(O)c1cccc(C(C)(C)C)c1. The lowest BCUT2D eigenvalue weighted by molar-refractivity contribution is -0.146. The van der Waals surface area contributed by atoms with Crippen molar-refractivity contribution in [1.82, 2.24) is 0 Å². The van der Waals surface area contributed by atoms with Crippen molar-refractivity contribution in [3.63, 3.8) is 0 Å². The summed E-state index contributed by atoms with van der Waals surface area (Å²) in [6.07, 6.45) is -0.433. The summed E-state index contributed by atoms with van der Waals surface area (Å²) in [5.41, 5.74) is 1.97. The minimum Gasteiger partial charge on any atom is -0.463 e. The van der Waals surface area contributed by atoms with Crippen LogP contribution in [0.5, 0.6) is 0 Å². The smallest absolute Gasteiger partial charge is 0.305 e. The molecule has 1 atom stereocenters. The molecule has 3 nitrogen and oxygen atoms in total. The third kappa shape index (κ3) is 4.15. The van der Waals surface area contributed by atoms with E-state index in [9.17, 15) is 9.90 Å². The topological polar surface area (TPSA) is 46.5 Å². The van der Waals surface area contributed by atoms with Gasteiger partial charge in [-0.1, -0.05) is 52.0 Å². The van der Waals surface area contributed by atoms with Crippen LogP contribution in [0.25, 0.3) is 0 Å². The van der Waals surface area contributed by atoms with E-state index in [1.54, 1.807) is 6.92 Å². The summed E-state index contributed by atoms with van der Waals surface area (Å²) in [6.45, 7) is 8.11. The molecular formula is C15H22O3. The van der Waals surface area contributed by atoms with Crippen molar-refractivity contribution in [2.24, 2.45) is 0 Å². The van der Waals surface area contributed by atoms with Gasteiger partial charge in [-0.2, -0.15) is 0 Å². The number of carbonyl (C=O) groups is 1. The maximum atomic E-state index is 11.0. The molecule has 0 spiro atoms. The highest BCUT2D eigenvalue weighted by Crippen LogP contribution is 2.25. The molecule has 0 heterocycles. The van der Waals surface area contributed by atoms with Gasteiger partial charge in [-0.05, 0) is 16.5 Å². The van der Waals surface area contributed by atoms with Crippen LogP contribution < -0.4 is 0 Å². The van der Waals surface area contributed by atoms with Gasteiger partial charge in [0.15, 0.2) is 0 Å². The van der Waals surface area contributed by atoms with E-state index in [0.29, 0.717) is 6.42 Å². The fourth-order valence-corrected chi connectivity index (χ4v) is 1.58. The van der Waals surface area contributed by atoms with E-state index in [4.69, 9.17) is 4.74 Å². The molecule has 1 aromatic rings. The Balaban J connectivity index is 2.74. The summed E-state index contributed by atoms with van der Waals surface area (Å²) in [7, 11) is 0. The molecule has 1 aromatic carbocycles. The number of rotatable bonds is 4. The molecule has 1 rings (SSSR count). The van der Waals surface area contributed by atoms with Crippen molar-refractivity contribution >= 4 is 5.97 Å². The van der Waals surface area contributed by atoms with Gasteiger partial charge in [0, 0.05) is 6.42 Å². The Hall–Kier alpha value is -1.35. The lowest BCUT2D eigenvalue weighted by Crippen LogP contribution is -2.14. The molecule has 0 radical (unpaired) electrons. The normalized spacial score (nSPS) is 13.2. The molecule has 0 amide bonds. The quantitative estimate of drug-likeness (QED) is 0.836. The maximum absolute atomic E-state index is 11.0. The van der Waals surface area contributed by atoms with Crippen LogP contribution in [0.4, 0.5) is 0 Å². The van der Waals surface area contributed by atoms with Gasteiger partial charge in [0.25, 0.3) is 0 Å². The second kappa shape index (κ2) is 6.01. The predicted octanol–water partition coefficient (Wildman–Crippen LogP) is 2.97. The molecule has 1 unspecified atom stereocenters. The van der Waals surface area contributed by atoms with Crippen LogP contribution in [-0.4, -0.2) is 17.7 Å². The molecule has 0 aliphatic heterocycles. The van der Waals surface area contributed by atoms with Crippen molar-refractivity contribution in [3.8, 4) is 0 Å². The Kier molecular flexibility index (Phi) is 4.91. The number of hydrogen-bond donors (Lipinski definition) is 1. The number of hydrogen-bond acceptors (Lipinski definition) is 3. The van der Waals surface area contributed by atoms with E-state index in [1.807, 2.05) is 24.3 Å². The fourth-order valence-electron chi connectivity index (χ4n) is 1.58. The van der Waals surface area contributed by atoms with Crippen LogP contribution in [0.2, 0.25) is 0 Å². The number of ether oxygens (including phenoxy) is 1. The minimum absolute atomic E-state index is 0.0142. The standard InChI is InChI=1S/C15H22O3/c1-5-14(17)18-10-13(16)11-7-6-8-12(9-11)15(2,3)4/h6-9,13,16H,5,10H2,1-4H3. The summed E-state index contributed by atoms with van der Waals surface area (Å²) in [6, 6.07) is 7.76. The number of aliphatic hydroxyl groups is 1. The van der Waals surface area contributed by atoms with Crippen molar-refractivity contribution < 1.29 is 14.6 Å². The molecule has 0 aliphatic rings. The van der Waals surface area contributed by atoms with Crippen LogP contribution in [0.15, 0.2) is 24.3 Å². The van der Waals surface area contributed by atoms with Crippen molar-refractivity contribution in [1.29, 1.82) is 0 Å². The first-order valence-corrected chi connectivity index (χ1v) is 6.28. The second-order valence-electron chi connectivity index (χ2n) is 5.43. The van der Waals surface area contributed by atoms with Crippen molar-refractivity contribution in [3.05, 3.63) is 35.4 Å². The van der Waals surface area contributed by atoms with E-state index < -0.39 is 6.10 Å². The van der Waals surface area contributed by atoms with Crippen LogP contribution in [-0.2, 0) is 14.9 Å². The molecule has 0 aliphatic carbocycles. The fraction of sp³-hybridized carbons (Fsp3) is 0.533. The lowest BCUT2D eigenvalue weighted by atomic mass is 9.86. The first-order valence-electron chi connectivity index (χ1n) is 6.28. The average molecular weight is 250 g/mol. The van der Waals surface area contributed by atoms with Gasteiger partial charge < -0.3 is 9.84 Å². The van der Waals surface area contributed by atoms with Gasteiger partial charge in [-0.3, -0.25) is 4.79 Å². The zero-order valence-corrected chi connectivity index (χ0v) is 11.6. The Labute approximate surface area is 109 Å². The Morgan fingerprint density at radius 2 is 2.06 bits per heavy atom. The second-order valence-corrected chi connectivity index (χ2v) is 5.43. The zero-order valence-electron chi connectivity index (χ0n) is 11.6. The monoisotopic (exact) mass is 250 g/mol. The van der Waals surface area contributed by atoms with E-state index in [1.165, 1.54) is 0 Å². The minimum atomic E-state index is -0.761. The number of esters is 1. The molecule has 18 heavy (non-hydrogen) atoms. The largest absolute Gasteiger partial charge is 0.463 e. The van der Waals surface area contributed by atoms with E-state index in [2.05, 4.69) is 20.8 Å². The summed E-state index contributed by atoms with van der Waals surface area (Å²) < 4.78 is 4.94. The van der Waals surface area contributed by atoms with Gasteiger partial charge in [0.2, 0.25) is 0 Å². The lowest BCUT2D eigenvalue weighted by Gasteiger charge is -2.21. The summed E-state index contributed by atoms with van der Waals surface area (Å²) >= 11 is 0. The van der Waals surface area contributed by atoms with Gasteiger partial charge in [0.1, 0.15) is 12.7 Å². The third-order valence-electron chi connectivity index (χ3n) is 2.83. The molecule has 100 valence electrons. The maximum Gasteiger partial charge on any atom is 0.305 e. The summed E-state index contributed by atoms with van der Waals surface area (Å²) in [5.74, 6) is -0.291. The Morgan fingerprint density at radius 3 is 2.61 bits per heavy atom. The highest BCUT2D eigenvalue weighted by atomic mass is 16.5. The number of carbonyl (C=O) groups excluding carboxylic acids is 1. The first-order chi connectivity index (χ1) is 8.34. The van der Waals surface area contributed by atoms with Crippen molar-refractivity contribution in [2.75, 3.05) is 6.61 Å². The molecule has 0 saturated carbocycles. The van der Waals surface area contributed by atoms with Gasteiger partial charge >= 0.3 is 5.97 Å². The molecule has 0 aromatic heterocycles. The van der Waals surface area contributed by atoms with E-state index in [0.717, 1.165) is 11.1 Å². The van der Waals surface area contributed by atoms with Crippen molar-refractivity contribution in [2.45, 2.75) is 45.6 Å². The van der Waals surface area contributed by atoms with Crippen LogP contribution in [0.3, 0.4) is 0 Å². The average Bonchev–Trinajstić information content (AvgIpc) is 2.34.